The zero-order valence-corrected chi connectivity index (χ0v) is 14.0. The molecule has 0 aliphatic heterocycles. The normalized spacial score (nSPS) is 16.6. The largest absolute Gasteiger partial charge is 0.494 e. The van der Waals surface area contributed by atoms with Gasteiger partial charge in [-0.2, -0.15) is 0 Å². The van der Waals surface area contributed by atoms with Gasteiger partial charge in [-0.05, 0) is 61.1 Å². The number of rotatable bonds is 5. The van der Waals surface area contributed by atoms with Gasteiger partial charge in [0.25, 0.3) is 0 Å². The molecule has 0 radical (unpaired) electrons. The lowest BCUT2D eigenvalue weighted by Gasteiger charge is -2.25. The highest BCUT2D eigenvalue weighted by atomic mass is 16.5. The molecular formula is C21H23NO2. The first-order chi connectivity index (χ1) is 11.8. The Morgan fingerprint density at radius 3 is 2.79 bits per heavy atom. The highest BCUT2D eigenvalue weighted by molar-refractivity contribution is 5.92. The lowest BCUT2D eigenvalue weighted by atomic mass is 9.88. The van der Waals surface area contributed by atoms with Crippen LogP contribution >= 0.6 is 0 Å². The van der Waals surface area contributed by atoms with Crippen molar-refractivity contribution < 1.29 is 9.53 Å². The molecule has 24 heavy (non-hydrogen) atoms. The Labute approximate surface area is 143 Å². The van der Waals surface area contributed by atoms with Crippen LogP contribution in [0.5, 0.6) is 5.75 Å². The van der Waals surface area contributed by atoms with Crippen LogP contribution < -0.4 is 10.1 Å². The van der Waals surface area contributed by atoms with Gasteiger partial charge in [-0.3, -0.25) is 4.79 Å². The molecule has 1 amide bonds. The molecule has 3 heteroatoms. The Hall–Kier alpha value is -2.55. The van der Waals surface area contributed by atoms with Gasteiger partial charge in [-0.1, -0.05) is 36.4 Å². The smallest absolute Gasteiger partial charge is 0.244 e. The fraction of sp³-hybridized carbons (Fsp3) is 0.286. The van der Waals surface area contributed by atoms with Crippen LogP contribution in [-0.2, 0) is 11.2 Å². The van der Waals surface area contributed by atoms with Gasteiger partial charge in [0, 0.05) is 6.08 Å². The van der Waals surface area contributed by atoms with E-state index >= 15 is 0 Å². The van der Waals surface area contributed by atoms with Crippen molar-refractivity contribution in [3.05, 3.63) is 71.3 Å². The molecule has 1 atom stereocenters. The number of carbonyl (C=O) groups excluding carboxylic acids is 1. The second kappa shape index (κ2) is 7.82. The maximum Gasteiger partial charge on any atom is 0.244 e. The first-order valence-corrected chi connectivity index (χ1v) is 8.55. The monoisotopic (exact) mass is 321 g/mol. The Kier molecular flexibility index (Phi) is 5.32. The molecule has 0 spiro atoms. The van der Waals surface area contributed by atoms with Crippen LogP contribution in [0.4, 0.5) is 0 Å². The van der Waals surface area contributed by atoms with E-state index in [0.29, 0.717) is 6.61 Å². The Balaban J connectivity index is 1.61. The average molecular weight is 321 g/mol. The predicted octanol–water partition coefficient (Wildman–Crippen LogP) is 4.29. The molecule has 2 aromatic carbocycles. The molecule has 0 saturated heterocycles. The van der Waals surface area contributed by atoms with E-state index in [1.54, 1.807) is 6.08 Å². The van der Waals surface area contributed by atoms with Crippen molar-refractivity contribution in [1.29, 1.82) is 0 Å². The van der Waals surface area contributed by atoms with E-state index < -0.39 is 0 Å². The SMILES string of the molecule is CCOc1ccc(/C=C/C(=O)N[C@H]2CCCc3ccccc32)cc1. The van der Waals surface area contributed by atoms with Crippen LogP contribution in [0, 0.1) is 0 Å². The third-order valence-corrected chi connectivity index (χ3v) is 4.30. The number of hydrogen-bond acceptors (Lipinski definition) is 2. The number of ether oxygens (including phenoxy) is 1. The van der Waals surface area contributed by atoms with Crippen molar-refractivity contribution in [2.75, 3.05) is 6.61 Å². The topological polar surface area (TPSA) is 38.3 Å². The van der Waals surface area contributed by atoms with Crippen molar-refractivity contribution in [1.82, 2.24) is 5.32 Å². The lowest BCUT2D eigenvalue weighted by Crippen LogP contribution is -2.29. The molecule has 3 nitrogen and oxygen atoms in total. The molecule has 0 fully saturated rings. The molecule has 0 saturated carbocycles. The quantitative estimate of drug-likeness (QED) is 0.834. The number of carbonyl (C=O) groups is 1. The van der Waals surface area contributed by atoms with Gasteiger partial charge in [0.15, 0.2) is 0 Å². The van der Waals surface area contributed by atoms with Crippen molar-refractivity contribution in [2.45, 2.75) is 32.2 Å². The van der Waals surface area contributed by atoms with Crippen molar-refractivity contribution >= 4 is 12.0 Å². The summed E-state index contributed by atoms with van der Waals surface area (Å²) >= 11 is 0. The highest BCUT2D eigenvalue weighted by Crippen LogP contribution is 2.29. The molecule has 2 aromatic rings. The summed E-state index contributed by atoms with van der Waals surface area (Å²) in [6, 6.07) is 16.2. The van der Waals surface area contributed by atoms with E-state index in [2.05, 4.69) is 23.5 Å². The molecule has 0 unspecified atom stereocenters. The number of fused-ring (bicyclic) bond motifs is 1. The van der Waals surface area contributed by atoms with Gasteiger partial charge < -0.3 is 10.1 Å². The third kappa shape index (κ3) is 4.05. The molecule has 1 N–H and O–H groups in total. The number of nitrogens with one attached hydrogen (secondary N) is 1. The minimum Gasteiger partial charge on any atom is -0.494 e. The summed E-state index contributed by atoms with van der Waals surface area (Å²) in [5.41, 5.74) is 3.59. The van der Waals surface area contributed by atoms with E-state index in [4.69, 9.17) is 4.74 Å². The molecular weight excluding hydrogens is 298 g/mol. The van der Waals surface area contributed by atoms with E-state index in [1.807, 2.05) is 43.3 Å². The molecule has 1 aliphatic rings. The van der Waals surface area contributed by atoms with Gasteiger partial charge in [0.2, 0.25) is 5.91 Å². The second-order valence-corrected chi connectivity index (χ2v) is 5.99. The van der Waals surface area contributed by atoms with Gasteiger partial charge in [-0.25, -0.2) is 0 Å². The molecule has 3 rings (SSSR count). The van der Waals surface area contributed by atoms with Crippen LogP contribution in [-0.4, -0.2) is 12.5 Å². The summed E-state index contributed by atoms with van der Waals surface area (Å²) in [6.07, 6.45) is 6.65. The van der Waals surface area contributed by atoms with Crippen LogP contribution in [0.15, 0.2) is 54.6 Å². The van der Waals surface area contributed by atoms with Crippen LogP contribution in [0.25, 0.3) is 6.08 Å². The summed E-state index contributed by atoms with van der Waals surface area (Å²) in [4.78, 5) is 12.2. The number of aryl methyl sites for hydroxylation is 1. The minimum absolute atomic E-state index is 0.0504. The zero-order valence-electron chi connectivity index (χ0n) is 14.0. The average Bonchev–Trinajstić information content (AvgIpc) is 2.62. The second-order valence-electron chi connectivity index (χ2n) is 5.99. The molecule has 124 valence electrons. The maximum atomic E-state index is 12.2. The van der Waals surface area contributed by atoms with E-state index in [-0.39, 0.29) is 11.9 Å². The standard InChI is InChI=1S/C21H23NO2/c1-2-24-18-13-10-16(11-14-18)12-15-21(23)22-20-9-5-7-17-6-3-4-8-19(17)20/h3-4,6,8,10-15,20H,2,5,7,9H2,1H3,(H,22,23)/b15-12+/t20-/m0/s1. The first-order valence-electron chi connectivity index (χ1n) is 8.55. The summed E-state index contributed by atoms with van der Waals surface area (Å²) < 4.78 is 5.42. The fourth-order valence-electron chi connectivity index (χ4n) is 3.14. The summed E-state index contributed by atoms with van der Waals surface area (Å²) in [5, 5.41) is 3.13. The zero-order chi connectivity index (χ0) is 16.8. The van der Waals surface area contributed by atoms with E-state index in [9.17, 15) is 4.79 Å². The maximum absolute atomic E-state index is 12.2. The molecule has 0 aromatic heterocycles. The number of amides is 1. The summed E-state index contributed by atoms with van der Waals surface area (Å²) in [5.74, 6) is 0.795. The van der Waals surface area contributed by atoms with Crippen molar-refractivity contribution in [2.24, 2.45) is 0 Å². The number of hydrogen-bond donors (Lipinski definition) is 1. The Bertz CT molecular complexity index is 719. The van der Waals surface area contributed by atoms with Gasteiger partial charge in [0.1, 0.15) is 5.75 Å². The van der Waals surface area contributed by atoms with Crippen molar-refractivity contribution in [3.63, 3.8) is 0 Å². The molecule has 0 bridgehead atoms. The van der Waals surface area contributed by atoms with Gasteiger partial charge >= 0.3 is 0 Å². The Morgan fingerprint density at radius 2 is 2.00 bits per heavy atom. The highest BCUT2D eigenvalue weighted by Gasteiger charge is 2.20. The van der Waals surface area contributed by atoms with Gasteiger partial charge in [0.05, 0.1) is 12.6 Å². The fourth-order valence-corrected chi connectivity index (χ4v) is 3.14. The summed E-state index contributed by atoms with van der Waals surface area (Å²) in [6.45, 7) is 2.61. The van der Waals surface area contributed by atoms with Crippen molar-refractivity contribution in [3.8, 4) is 5.75 Å². The number of benzene rings is 2. The molecule has 0 heterocycles. The summed E-state index contributed by atoms with van der Waals surface area (Å²) in [7, 11) is 0. The molecule has 1 aliphatic carbocycles. The van der Waals surface area contributed by atoms with E-state index in [1.165, 1.54) is 11.1 Å². The minimum atomic E-state index is -0.0504. The third-order valence-electron chi connectivity index (χ3n) is 4.30. The van der Waals surface area contributed by atoms with Crippen LogP contribution in [0.1, 0.15) is 42.5 Å². The van der Waals surface area contributed by atoms with Gasteiger partial charge in [-0.15, -0.1) is 0 Å². The predicted molar refractivity (Wildman–Crippen MR) is 96.9 cm³/mol. The first kappa shape index (κ1) is 16.3. The van der Waals surface area contributed by atoms with Crippen LogP contribution in [0.2, 0.25) is 0 Å². The Morgan fingerprint density at radius 1 is 1.21 bits per heavy atom. The van der Waals surface area contributed by atoms with Crippen LogP contribution in [0.3, 0.4) is 0 Å². The lowest BCUT2D eigenvalue weighted by molar-refractivity contribution is -0.117. The van der Waals surface area contributed by atoms with E-state index in [0.717, 1.165) is 30.6 Å².